The van der Waals surface area contributed by atoms with Gasteiger partial charge in [-0.05, 0) is 33.8 Å². The van der Waals surface area contributed by atoms with Crippen molar-refractivity contribution in [1.82, 2.24) is 14.3 Å². The summed E-state index contributed by atoms with van der Waals surface area (Å²) >= 11 is 0. The normalized spacial score (nSPS) is 13.0. The molecule has 9 heteroatoms. The van der Waals surface area contributed by atoms with Crippen LogP contribution in [0.2, 0.25) is 0 Å². The van der Waals surface area contributed by atoms with Gasteiger partial charge in [0.25, 0.3) is 0 Å². The zero-order valence-electron chi connectivity index (χ0n) is 14.6. The molecule has 136 valence electrons. The average Bonchev–Trinajstić information content (AvgIpc) is 2.75. The standard InChI is InChI=1S/C16H20F2N4O3/c1-8(19)13-20-22(15(24)21(13)5)12-7-10(17)9(6-11(12)18)14(23)25-16(2,3)4/h6-8H,19H2,1-5H3. The van der Waals surface area contributed by atoms with Gasteiger partial charge in [0.2, 0.25) is 0 Å². The van der Waals surface area contributed by atoms with E-state index in [4.69, 9.17) is 10.5 Å². The van der Waals surface area contributed by atoms with E-state index < -0.39 is 46.2 Å². The van der Waals surface area contributed by atoms with E-state index in [-0.39, 0.29) is 5.82 Å². The Balaban J connectivity index is 2.53. The number of hydrogen-bond donors (Lipinski definition) is 1. The van der Waals surface area contributed by atoms with Crippen LogP contribution in [0.4, 0.5) is 8.78 Å². The fourth-order valence-corrected chi connectivity index (χ4v) is 2.19. The second kappa shape index (κ2) is 6.40. The zero-order chi connectivity index (χ0) is 19.1. The van der Waals surface area contributed by atoms with Gasteiger partial charge in [0.15, 0.2) is 5.82 Å². The van der Waals surface area contributed by atoms with Crippen molar-refractivity contribution in [2.45, 2.75) is 39.3 Å². The molecular formula is C16H20F2N4O3. The number of rotatable bonds is 3. The lowest BCUT2D eigenvalue weighted by atomic mass is 10.1. The summed E-state index contributed by atoms with van der Waals surface area (Å²) in [4.78, 5) is 24.2. The van der Waals surface area contributed by atoms with Gasteiger partial charge in [-0.3, -0.25) is 4.57 Å². The molecule has 0 saturated heterocycles. The smallest absolute Gasteiger partial charge is 0.350 e. The van der Waals surface area contributed by atoms with E-state index >= 15 is 0 Å². The zero-order valence-corrected chi connectivity index (χ0v) is 14.6. The van der Waals surface area contributed by atoms with E-state index in [0.29, 0.717) is 10.7 Å². The molecule has 7 nitrogen and oxygen atoms in total. The third-order valence-corrected chi connectivity index (χ3v) is 3.30. The Labute approximate surface area is 143 Å². The second-order valence-corrected chi connectivity index (χ2v) is 6.69. The van der Waals surface area contributed by atoms with E-state index in [2.05, 4.69) is 5.10 Å². The third-order valence-electron chi connectivity index (χ3n) is 3.30. The number of ether oxygens (including phenoxy) is 1. The van der Waals surface area contributed by atoms with Crippen molar-refractivity contribution in [1.29, 1.82) is 0 Å². The highest BCUT2D eigenvalue weighted by Crippen LogP contribution is 2.20. The lowest BCUT2D eigenvalue weighted by Gasteiger charge is -2.19. The van der Waals surface area contributed by atoms with Crippen LogP contribution >= 0.6 is 0 Å². The maximum Gasteiger partial charge on any atom is 0.350 e. The van der Waals surface area contributed by atoms with Crippen molar-refractivity contribution in [2.75, 3.05) is 0 Å². The van der Waals surface area contributed by atoms with E-state index in [0.717, 1.165) is 10.6 Å². The number of hydrogen-bond acceptors (Lipinski definition) is 5. The lowest BCUT2D eigenvalue weighted by Crippen LogP contribution is -2.26. The Hall–Kier alpha value is -2.55. The molecule has 0 amide bonds. The third kappa shape index (κ3) is 3.76. The van der Waals surface area contributed by atoms with Crippen molar-refractivity contribution in [2.24, 2.45) is 12.8 Å². The fraction of sp³-hybridized carbons (Fsp3) is 0.438. The number of nitrogens with two attached hydrogens (primary N) is 1. The molecule has 0 saturated carbocycles. The van der Waals surface area contributed by atoms with Gasteiger partial charge in [-0.25, -0.2) is 18.4 Å². The molecule has 0 radical (unpaired) electrons. The van der Waals surface area contributed by atoms with Crippen LogP contribution in [0.15, 0.2) is 16.9 Å². The number of carbonyl (C=O) groups is 1. The summed E-state index contributed by atoms with van der Waals surface area (Å²) in [6.45, 7) is 6.43. The molecule has 0 aliphatic carbocycles. The topological polar surface area (TPSA) is 92.1 Å². The molecule has 1 aromatic carbocycles. The first kappa shape index (κ1) is 18.8. The van der Waals surface area contributed by atoms with Crippen molar-refractivity contribution < 1.29 is 18.3 Å². The number of benzene rings is 1. The monoisotopic (exact) mass is 354 g/mol. The van der Waals surface area contributed by atoms with Gasteiger partial charge >= 0.3 is 11.7 Å². The van der Waals surface area contributed by atoms with Crippen LogP contribution in [-0.4, -0.2) is 25.9 Å². The summed E-state index contributed by atoms with van der Waals surface area (Å²) in [5.41, 5.74) is 3.18. The molecule has 1 atom stereocenters. The predicted molar refractivity (Wildman–Crippen MR) is 86.5 cm³/mol. The number of carbonyl (C=O) groups excluding carboxylic acids is 1. The maximum absolute atomic E-state index is 14.4. The largest absolute Gasteiger partial charge is 0.456 e. The summed E-state index contributed by atoms with van der Waals surface area (Å²) in [6.07, 6.45) is 0. The van der Waals surface area contributed by atoms with Crippen LogP contribution in [0.25, 0.3) is 5.69 Å². The second-order valence-electron chi connectivity index (χ2n) is 6.69. The SMILES string of the molecule is CC(N)c1nn(-c2cc(F)c(C(=O)OC(C)(C)C)cc2F)c(=O)n1C. The molecule has 0 aliphatic rings. The molecule has 1 heterocycles. The van der Waals surface area contributed by atoms with Crippen molar-refractivity contribution in [3.8, 4) is 5.69 Å². The number of halogens is 2. The molecule has 2 N–H and O–H groups in total. The Morgan fingerprint density at radius 1 is 1.28 bits per heavy atom. The minimum atomic E-state index is -1.02. The van der Waals surface area contributed by atoms with Crippen molar-refractivity contribution >= 4 is 5.97 Å². The van der Waals surface area contributed by atoms with Gasteiger partial charge in [-0.1, -0.05) is 0 Å². The molecule has 2 aromatic rings. The van der Waals surface area contributed by atoms with Crippen LogP contribution in [0, 0.1) is 11.6 Å². The van der Waals surface area contributed by atoms with Gasteiger partial charge in [0, 0.05) is 13.1 Å². The minimum absolute atomic E-state index is 0.209. The van der Waals surface area contributed by atoms with Crippen LogP contribution in [0.1, 0.15) is 49.9 Å². The van der Waals surface area contributed by atoms with Crippen LogP contribution in [0.5, 0.6) is 0 Å². The van der Waals surface area contributed by atoms with E-state index in [1.165, 1.54) is 7.05 Å². The summed E-state index contributed by atoms with van der Waals surface area (Å²) in [7, 11) is 1.42. The molecule has 0 aliphatic heterocycles. The quantitative estimate of drug-likeness (QED) is 0.849. The number of esters is 1. The minimum Gasteiger partial charge on any atom is -0.456 e. The summed E-state index contributed by atoms with van der Waals surface area (Å²) in [6, 6.07) is 0.840. The number of nitrogens with zero attached hydrogens (tertiary/aromatic N) is 3. The summed E-state index contributed by atoms with van der Waals surface area (Å²) in [5.74, 6) is -2.80. The first-order valence-electron chi connectivity index (χ1n) is 7.56. The summed E-state index contributed by atoms with van der Waals surface area (Å²) in [5, 5.41) is 3.93. The molecule has 1 aromatic heterocycles. The van der Waals surface area contributed by atoms with Crippen LogP contribution in [0.3, 0.4) is 0 Å². The molecule has 0 bridgehead atoms. The fourth-order valence-electron chi connectivity index (χ4n) is 2.19. The Bertz CT molecular complexity index is 879. The highest BCUT2D eigenvalue weighted by Gasteiger charge is 2.24. The first-order chi connectivity index (χ1) is 11.4. The van der Waals surface area contributed by atoms with Crippen LogP contribution < -0.4 is 11.4 Å². The number of aromatic nitrogens is 3. The van der Waals surface area contributed by atoms with Gasteiger partial charge < -0.3 is 10.5 Å². The molecule has 1 unspecified atom stereocenters. The predicted octanol–water partition coefficient (Wildman–Crippen LogP) is 1.82. The van der Waals surface area contributed by atoms with Gasteiger partial charge in [0.05, 0.1) is 11.6 Å². The van der Waals surface area contributed by atoms with Gasteiger partial charge in [0.1, 0.15) is 22.9 Å². The molecular weight excluding hydrogens is 334 g/mol. The highest BCUT2D eigenvalue weighted by atomic mass is 19.1. The van der Waals surface area contributed by atoms with E-state index in [9.17, 15) is 18.4 Å². The average molecular weight is 354 g/mol. The van der Waals surface area contributed by atoms with Gasteiger partial charge in [-0.2, -0.15) is 4.68 Å². The summed E-state index contributed by atoms with van der Waals surface area (Å²) < 4.78 is 35.6. The lowest BCUT2D eigenvalue weighted by molar-refractivity contribution is 0.00641. The van der Waals surface area contributed by atoms with E-state index in [1.807, 2.05) is 0 Å². The van der Waals surface area contributed by atoms with Crippen molar-refractivity contribution in [3.63, 3.8) is 0 Å². The van der Waals surface area contributed by atoms with E-state index in [1.54, 1.807) is 27.7 Å². The van der Waals surface area contributed by atoms with Crippen LogP contribution in [-0.2, 0) is 11.8 Å². The molecule has 25 heavy (non-hydrogen) atoms. The molecule has 2 rings (SSSR count). The van der Waals surface area contributed by atoms with Crippen molar-refractivity contribution in [3.05, 3.63) is 45.6 Å². The maximum atomic E-state index is 14.4. The Morgan fingerprint density at radius 2 is 1.88 bits per heavy atom. The Kier molecular flexibility index (Phi) is 4.81. The Morgan fingerprint density at radius 3 is 2.36 bits per heavy atom. The molecule has 0 spiro atoms. The molecule has 0 fully saturated rings. The first-order valence-corrected chi connectivity index (χ1v) is 7.56. The highest BCUT2D eigenvalue weighted by molar-refractivity contribution is 5.90. The van der Waals surface area contributed by atoms with Gasteiger partial charge in [-0.15, -0.1) is 5.10 Å².